The predicted octanol–water partition coefficient (Wildman–Crippen LogP) is 1.35. The highest BCUT2D eigenvalue weighted by Gasteiger charge is 2.49. The Hall–Kier alpha value is -0.970. The lowest BCUT2D eigenvalue weighted by molar-refractivity contribution is -0.146. The lowest BCUT2D eigenvalue weighted by Gasteiger charge is -2.38. The van der Waals surface area contributed by atoms with E-state index in [0.717, 1.165) is 0 Å². The molecule has 0 atom stereocenters. The molecular formula is C11H18N2O2S. The van der Waals surface area contributed by atoms with Crippen LogP contribution in [0.15, 0.2) is 0 Å². The van der Waals surface area contributed by atoms with Crippen molar-refractivity contribution in [3.63, 3.8) is 0 Å². The predicted molar refractivity (Wildman–Crippen MR) is 65.7 cm³/mol. The van der Waals surface area contributed by atoms with Gasteiger partial charge >= 0.3 is 0 Å². The van der Waals surface area contributed by atoms with Gasteiger partial charge in [0.05, 0.1) is 0 Å². The van der Waals surface area contributed by atoms with E-state index in [0.29, 0.717) is 12.8 Å². The maximum Gasteiger partial charge on any atom is 0.241 e. The van der Waals surface area contributed by atoms with E-state index in [1.54, 1.807) is 0 Å². The molecule has 0 aliphatic carbocycles. The van der Waals surface area contributed by atoms with E-state index < -0.39 is 5.41 Å². The summed E-state index contributed by atoms with van der Waals surface area (Å²) >= 11 is 4.79. The second-order valence-electron chi connectivity index (χ2n) is 5.41. The van der Waals surface area contributed by atoms with Gasteiger partial charge in [0.15, 0.2) is 5.11 Å². The van der Waals surface area contributed by atoms with E-state index in [1.807, 2.05) is 27.7 Å². The molecule has 1 saturated heterocycles. The molecule has 4 nitrogen and oxygen atoms in total. The number of carbonyl (C=O) groups is 2. The summed E-state index contributed by atoms with van der Waals surface area (Å²) < 4.78 is 0. The zero-order valence-electron chi connectivity index (χ0n) is 10.1. The van der Waals surface area contributed by atoms with Gasteiger partial charge in [0.2, 0.25) is 11.8 Å². The van der Waals surface area contributed by atoms with Crippen LogP contribution < -0.4 is 10.6 Å². The number of thiocarbonyl (C=S) groups is 1. The number of rotatable bonds is 2. The molecule has 0 aromatic carbocycles. The summed E-state index contributed by atoms with van der Waals surface area (Å²) in [5.41, 5.74) is -1.08. The summed E-state index contributed by atoms with van der Waals surface area (Å²) in [6.07, 6.45) is 0.987. The number of hydrogen-bond donors (Lipinski definition) is 2. The summed E-state index contributed by atoms with van der Waals surface area (Å²) in [5, 5.41) is 5.17. The number of hydrogen-bond acceptors (Lipinski definition) is 3. The normalized spacial score (nSPS) is 20.4. The summed E-state index contributed by atoms with van der Waals surface area (Å²) in [5.74, 6) is -0.558. The van der Waals surface area contributed by atoms with E-state index in [4.69, 9.17) is 12.2 Å². The highest BCUT2D eigenvalue weighted by atomic mass is 32.1. The van der Waals surface area contributed by atoms with Crippen molar-refractivity contribution >= 4 is 29.1 Å². The van der Waals surface area contributed by atoms with Gasteiger partial charge in [-0.05, 0) is 30.5 Å². The van der Waals surface area contributed by atoms with Crippen LogP contribution in [0.2, 0.25) is 0 Å². The molecule has 0 radical (unpaired) electrons. The number of carbonyl (C=O) groups excluding carboxylic acids is 2. The molecular weight excluding hydrogens is 224 g/mol. The second kappa shape index (κ2) is 4.13. The Bertz CT molecular complexity index is 324. The maximum atomic E-state index is 12.0. The van der Waals surface area contributed by atoms with E-state index in [1.165, 1.54) is 0 Å². The Morgan fingerprint density at radius 1 is 1.19 bits per heavy atom. The molecule has 1 fully saturated rings. The largest absolute Gasteiger partial charge is 0.302 e. The smallest absolute Gasteiger partial charge is 0.241 e. The lowest BCUT2D eigenvalue weighted by Crippen LogP contribution is -2.62. The van der Waals surface area contributed by atoms with Crippen LogP contribution >= 0.6 is 12.2 Å². The van der Waals surface area contributed by atoms with Crippen molar-refractivity contribution in [2.24, 2.45) is 10.8 Å². The Balaban J connectivity index is 3.06. The van der Waals surface area contributed by atoms with Gasteiger partial charge in [-0.1, -0.05) is 27.7 Å². The first-order valence-corrected chi connectivity index (χ1v) is 5.79. The molecule has 0 saturated carbocycles. The highest BCUT2D eigenvalue weighted by molar-refractivity contribution is 7.80. The second-order valence-corrected chi connectivity index (χ2v) is 5.82. The summed E-state index contributed by atoms with van der Waals surface area (Å²) in [7, 11) is 0. The summed E-state index contributed by atoms with van der Waals surface area (Å²) in [6, 6.07) is 0. The van der Waals surface area contributed by atoms with Crippen LogP contribution in [0.1, 0.15) is 40.5 Å². The maximum absolute atomic E-state index is 12.0. The van der Waals surface area contributed by atoms with Crippen molar-refractivity contribution in [3.8, 4) is 0 Å². The Labute approximate surface area is 101 Å². The first kappa shape index (κ1) is 13.1. The number of nitrogens with one attached hydrogen (secondary N) is 2. The average molecular weight is 242 g/mol. The molecule has 1 heterocycles. The fourth-order valence-corrected chi connectivity index (χ4v) is 2.28. The van der Waals surface area contributed by atoms with Crippen LogP contribution in [0, 0.1) is 10.8 Å². The van der Waals surface area contributed by atoms with Crippen LogP contribution in [0.25, 0.3) is 0 Å². The zero-order valence-corrected chi connectivity index (χ0v) is 11.0. The van der Waals surface area contributed by atoms with Crippen LogP contribution in [-0.4, -0.2) is 16.9 Å². The highest BCUT2D eigenvalue weighted by Crippen LogP contribution is 2.38. The van der Waals surface area contributed by atoms with Gasteiger partial charge in [0, 0.05) is 0 Å². The molecule has 0 aromatic heterocycles. The fourth-order valence-electron chi connectivity index (χ4n) is 2.09. The van der Waals surface area contributed by atoms with Crippen LogP contribution in [0.4, 0.5) is 0 Å². The van der Waals surface area contributed by atoms with E-state index in [2.05, 4.69) is 10.6 Å². The Morgan fingerprint density at radius 2 is 1.62 bits per heavy atom. The zero-order chi connectivity index (χ0) is 12.6. The molecule has 1 aliphatic heterocycles. The van der Waals surface area contributed by atoms with Crippen LogP contribution in [0.5, 0.6) is 0 Å². The average Bonchev–Trinajstić information content (AvgIpc) is 2.09. The first-order chi connectivity index (χ1) is 7.21. The third-order valence-corrected chi connectivity index (χ3v) is 2.96. The quantitative estimate of drug-likeness (QED) is 0.567. The Morgan fingerprint density at radius 3 is 1.94 bits per heavy atom. The minimum atomic E-state index is -0.986. The van der Waals surface area contributed by atoms with Gasteiger partial charge in [-0.2, -0.15) is 0 Å². The molecule has 0 unspecified atom stereocenters. The van der Waals surface area contributed by atoms with Crippen LogP contribution in [0.3, 0.4) is 0 Å². The van der Waals surface area contributed by atoms with Gasteiger partial charge in [-0.15, -0.1) is 0 Å². The Kier molecular flexibility index (Phi) is 3.38. The van der Waals surface area contributed by atoms with Gasteiger partial charge < -0.3 is 10.6 Å². The molecule has 2 amide bonds. The first-order valence-electron chi connectivity index (χ1n) is 5.38. The van der Waals surface area contributed by atoms with Crippen molar-refractivity contribution in [2.45, 2.75) is 40.5 Å². The van der Waals surface area contributed by atoms with Crippen molar-refractivity contribution < 1.29 is 9.59 Å². The van der Waals surface area contributed by atoms with E-state index in [9.17, 15) is 9.59 Å². The van der Waals surface area contributed by atoms with Gasteiger partial charge in [-0.3, -0.25) is 9.59 Å². The molecule has 90 valence electrons. The molecule has 1 aliphatic rings. The molecule has 0 bridgehead atoms. The van der Waals surface area contributed by atoms with Gasteiger partial charge in [-0.25, -0.2) is 0 Å². The summed E-state index contributed by atoms with van der Waals surface area (Å²) in [6.45, 7) is 7.88. The third kappa shape index (κ3) is 2.40. The molecule has 5 heteroatoms. The lowest BCUT2D eigenvalue weighted by atomic mass is 9.70. The van der Waals surface area contributed by atoms with Crippen molar-refractivity contribution in [3.05, 3.63) is 0 Å². The monoisotopic (exact) mass is 242 g/mol. The minimum absolute atomic E-state index is 0.0936. The SMILES string of the molecule is CCC1(CC(C)(C)C)C(=O)NC(=S)NC1=O. The van der Waals surface area contributed by atoms with Gasteiger partial charge in [0.1, 0.15) is 5.41 Å². The molecule has 16 heavy (non-hydrogen) atoms. The van der Waals surface area contributed by atoms with Crippen molar-refractivity contribution in [2.75, 3.05) is 0 Å². The van der Waals surface area contributed by atoms with E-state index >= 15 is 0 Å². The number of amides is 2. The molecule has 1 rings (SSSR count). The standard InChI is InChI=1S/C11H18N2O2S/c1-5-11(6-10(2,3)4)7(14)12-9(16)13-8(11)15/h5-6H2,1-4H3,(H2,12,13,14,15,16). The molecule has 0 spiro atoms. The molecule has 0 aromatic rings. The van der Waals surface area contributed by atoms with Crippen LogP contribution in [-0.2, 0) is 9.59 Å². The van der Waals surface area contributed by atoms with Crippen molar-refractivity contribution in [1.82, 2.24) is 10.6 Å². The summed E-state index contributed by atoms with van der Waals surface area (Å²) in [4.78, 5) is 24.0. The minimum Gasteiger partial charge on any atom is -0.302 e. The third-order valence-electron chi connectivity index (χ3n) is 2.76. The fraction of sp³-hybridized carbons (Fsp3) is 0.727. The topological polar surface area (TPSA) is 58.2 Å². The molecule has 2 N–H and O–H groups in total. The van der Waals surface area contributed by atoms with Gasteiger partial charge in [0.25, 0.3) is 0 Å². The van der Waals surface area contributed by atoms with E-state index in [-0.39, 0.29) is 22.3 Å². The van der Waals surface area contributed by atoms with Crippen molar-refractivity contribution in [1.29, 1.82) is 0 Å².